The van der Waals surface area contributed by atoms with E-state index < -0.39 is 25.6 Å². The lowest BCUT2D eigenvalue weighted by atomic mass is 10.2. The molecule has 1 aromatic heterocycles. The summed E-state index contributed by atoms with van der Waals surface area (Å²) < 4.78 is 14.4. The van der Waals surface area contributed by atoms with Crippen molar-refractivity contribution in [3.8, 4) is 5.75 Å². The topological polar surface area (TPSA) is 123 Å². The van der Waals surface area contributed by atoms with Crippen LogP contribution in [-0.4, -0.2) is 14.8 Å². The van der Waals surface area contributed by atoms with Crippen LogP contribution in [0.2, 0.25) is 0 Å². The molecule has 0 saturated carbocycles. The number of rotatable bonds is 3. The highest BCUT2D eigenvalue weighted by atomic mass is 31.2. The Morgan fingerprint density at radius 3 is 2.73 bits per heavy atom. The van der Waals surface area contributed by atoms with Crippen LogP contribution in [0.3, 0.4) is 0 Å². The van der Waals surface area contributed by atoms with Crippen molar-refractivity contribution in [3.05, 3.63) is 27.7 Å². The lowest BCUT2D eigenvalue weighted by Crippen LogP contribution is -2.17. The summed E-state index contributed by atoms with van der Waals surface area (Å²) in [4.78, 5) is 30.5. The first-order valence-corrected chi connectivity index (χ1v) is 5.42. The summed E-state index contributed by atoms with van der Waals surface area (Å²) in [7, 11) is -4.63. The van der Waals surface area contributed by atoms with Gasteiger partial charge >= 0.3 is 7.82 Å². The highest BCUT2D eigenvalue weighted by Crippen LogP contribution is 2.36. The highest BCUT2D eigenvalue weighted by Gasteiger charge is 2.14. The lowest BCUT2D eigenvalue weighted by Gasteiger charge is -2.11. The Balaban J connectivity index is 2.94. The quantitative estimate of drug-likeness (QED) is 0.598. The van der Waals surface area contributed by atoms with Crippen molar-refractivity contribution in [1.29, 1.82) is 0 Å². The number of pyridine rings is 1. The number of phosphoric acid groups is 1. The molecule has 0 aromatic carbocycles. The van der Waals surface area contributed by atoms with Gasteiger partial charge in [0.25, 0.3) is 0 Å². The van der Waals surface area contributed by atoms with Gasteiger partial charge in [-0.05, 0) is 12.7 Å². The molecule has 84 valence electrons. The van der Waals surface area contributed by atoms with Crippen molar-refractivity contribution in [1.82, 2.24) is 4.98 Å². The maximum atomic E-state index is 11.2. The van der Waals surface area contributed by atoms with Gasteiger partial charge in [0.15, 0.2) is 5.43 Å². The maximum absolute atomic E-state index is 11.2. The van der Waals surface area contributed by atoms with Gasteiger partial charge in [0.1, 0.15) is 0 Å². The predicted octanol–water partition coefficient (Wildman–Crippen LogP) is -0.634. The van der Waals surface area contributed by atoms with Gasteiger partial charge < -0.3 is 19.9 Å². The molecule has 0 aliphatic heterocycles. The molecule has 0 atom stereocenters. The Labute approximate surface area is 84.6 Å². The van der Waals surface area contributed by atoms with Crippen LogP contribution in [0.25, 0.3) is 0 Å². The summed E-state index contributed by atoms with van der Waals surface area (Å²) in [5.41, 5.74) is -0.770. The van der Waals surface area contributed by atoms with E-state index in [1.165, 1.54) is 13.1 Å². The zero-order valence-electron chi connectivity index (χ0n) is 7.76. The molecule has 0 saturated heterocycles. The number of phosphoric ester groups is 1. The van der Waals surface area contributed by atoms with Crippen LogP contribution in [0.1, 0.15) is 11.3 Å². The van der Waals surface area contributed by atoms with E-state index in [0.29, 0.717) is 0 Å². The number of H-pyrrole nitrogens is 1. The average molecular weight is 234 g/mol. The van der Waals surface area contributed by atoms with E-state index in [1.807, 2.05) is 0 Å². The van der Waals surface area contributed by atoms with Gasteiger partial charge in [-0.15, -0.1) is 0 Å². The second-order valence-electron chi connectivity index (χ2n) is 2.86. The standard InChI is InChI=1S/C7H10NO6P/c1-4-6(9)7(10)5(2-8-4)3-14-15(11,12)13/h2,9H,3H2,1H3,(H,8,10)(H2,11,12,13)/p-1. The van der Waals surface area contributed by atoms with Crippen molar-refractivity contribution in [3.63, 3.8) is 0 Å². The van der Waals surface area contributed by atoms with E-state index in [1.54, 1.807) is 0 Å². The first-order valence-electron chi connectivity index (χ1n) is 3.89. The van der Waals surface area contributed by atoms with Gasteiger partial charge in [-0.1, -0.05) is 0 Å². The Morgan fingerprint density at radius 2 is 2.20 bits per heavy atom. The fourth-order valence-corrected chi connectivity index (χ4v) is 1.21. The minimum atomic E-state index is -4.63. The van der Waals surface area contributed by atoms with Gasteiger partial charge in [-0.25, -0.2) is 4.57 Å². The predicted molar refractivity (Wildman–Crippen MR) is 48.1 cm³/mol. The number of aromatic amines is 1. The molecular formula is C7H9NO6P-. The summed E-state index contributed by atoms with van der Waals surface area (Å²) >= 11 is 0. The smallest absolute Gasteiger partial charge is 0.469 e. The molecule has 7 nitrogen and oxygen atoms in total. The molecular weight excluding hydrogens is 225 g/mol. The van der Waals surface area contributed by atoms with E-state index in [2.05, 4.69) is 9.51 Å². The SMILES string of the molecule is Cc1[nH]cc(COP(=O)(O)O)c(=O)c1[O-]. The fraction of sp³-hybridized carbons (Fsp3) is 0.286. The van der Waals surface area contributed by atoms with Gasteiger partial charge in [0, 0.05) is 17.5 Å². The molecule has 0 bridgehead atoms. The zero-order valence-corrected chi connectivity index (χ0v) is 8.65. The number of aromatic nitrogens is 1. The molecule has 0 unspecified atom stereocenters. The molecule has 3 N–H and O–H groups in total. The van der Waals surface area contributed by atoms with Gasteiger partial charge in [-0.2, -0.15) is 0 Å². The normalized spacial score (nSPS) is 11.7. The third-order valence-electron chi connectivity index (χ3n) is 1.69. The molecule has 1 aromatic rings. The summed E-state index contributed by atoms with van der Waals surface area (Å²) in [5, 5.41) is 11.1. The Morgan fingerprint density at radius 1 is 1.60 bits per heavy atom. The molecule has 0 spiro atoms. The minimum absolute atomic E-state index is 0.117. The summed E-state index contributed by atoms with van der Waals surface area (Å²) in [5.74, 6) is -0.734. The largest absolute Gasteiger partial charge is 0.869 e. The highest BCUT2D eigenvalue weighted by molar-refractivity contribution is 7.46. The van der Waals surface area contributed by atoms with Crippen molar-refractivity contribution < 1.29 is 24.0 Å². The summed E-state index contributed by atoms with van der Waals surface area (Å²) in [6.07, 6.45) is 1.19. The van der Waals surface area contributed by atoms with Crippen LogP contribution in [0, 0.1) is 6.92 Å². The molecule has 0 aliphatic rings. The molecule has 1 rings (SSSR count). The third-order valence-corrected chi connectivity index (χ3v) is 2.16. The van der Waals surface area contributed by atoms with E-state index in [9.17, 15) is 14.5 Å². The number of hydrogen-bond donors (Lipinski definition) is 3. The molecule has 0 fully saturated rings. The summed E-state index contributed by atoms with van der Waals surface area (Å²) in [6, 6.07) is 0. The monoisotopic (exact) mass is 234 g/mol. The number of hydrogen-bond acceptors (Lipinski definition) is 4. The van der Waals surface area contributed by atoms with Gasteiger partial charge in [0.2, 0.25) is 0 Å². The van der Waals surface area contributed by atoms with E-state index in [0.717, 1.165) is 0 Å². The molecule has 0 radical (unpaired) electrons. The number of nitrogens with one attached hydrogen (secondary N) is 1. The molecule has 1 heterocycles. The van der Waals surface area contributed by atoms with Crippen LogP contribution in [-0.2, 0) is 15.7 Å². The molecule has 0 amide bonds. The average Bonchev–Trinajstić information content (AvgIpc) is 2.12. The molecule has 8 heteroatoms. The third kappa shape index (κ3) is 3.17. The zero-order chi connectivity index (χ0) is 11.6. The van der Waals surface area contributed by atoms with Crippen molar-refractivity contribution >= 4 is 7.82 Å². The minimum Gasteiger partial charge on any atom is -0.869 e. The maximum Gasteiger partial charge on any atom is 0.469 e. The van der Waals surface area contributed by atoms with Crippen LogP contribution >= 0.6 is 7.82 Å². The Hall–Kier alpha value is -1.14. The van der Waals surface area contributed by atoms with E-state index in [-0.39, 0.29) is 11.3 Å². The van der Waals surface area contributed by atoms with Crippen LogP contribution in [0.15, 0.2) is 11.0 Å². The van der Waals surface area contributed by atoms with E-state index >= 15 is 0 Å². The second-order valence-corrected chi connectivity index (χ2v) is 4.10. The van der Waals surface area contributed by atoms with Crippen LogP contribution in [0.4, 0.5) is 0 Å². The van der Waals surface area contributed by atoms with Crippen molar-refractivity contribution in [2.24, 2.45) is 0 Å². The Kier molecular flexibility index (Phi) is 3.31. The molecule has 0 aliphatic carbocycles. The summed E-state index contributed by atoms with van der Waals surface area (Å²) in [6.45, 7) is 0.826. The van der Waals surface area contributed by atoms with Crippen molar-refractivity contribution in [2.45, 2.75) is 13.5 Å². The second kappa shape index (κ2) is 4.16. The lowest BCUT2D eigenvalue weighted by molar-refractivity contribution is -0.271. The van der Waals surface area contributed by atoms with Crippen LogP contribution in [0.5, 0.6) is 5.75 Å². The van der Waals surface area contributed by atoms with Crippen LogP contribution < -0.4 is 10.5 Å². The van der Waals surface area contributed by atoms with Crippen molar-refractivity contribution in [2.75, 3.05) is 0 Å². The van der Waals surface area contributed by atoms with Gasteiger partial charge in [-0.3, -0.25) is 9.32 Å². The molecule has 15 heavy (non-hydrogen) atoms. The van der Waals surface area contributed by atoms with E-state index in [4.69, 9.17) is 9.79 Å². The fourth-order valence-electron chi connectivity index (χ4n) is 0.903. The van der Waals surface area contributed by atoms with Gasteiger partial charge in [0.05, 0.1) is 6.61 Å². The Bertz CT molecular complexity index is 461. The first-order chi connectivity index (χ1) is 6.81. The number of aryl methyl sites for hydroxylation is 1. The first kappa shape index (κ1) is 11.9.